The first kappa shape index (κ1) is 14.5. The third kappa shape index (κ3) is 3.78. The molecule has 5 heteroatoms. The number of pyridine rings is 1. The van der Waals surface area contributed by atoms with Gasteiger partial charge in [-0.05, 0) is 52.7 Å². The molecule has 1 aromatic carbocycles. The molecule has 0 saturated heterocycles. The van der Waals surface area contributed by atoms with Crippen molar-refractivity contribution in [1.82, 2.24) is 4.98 Å². The number of halogens is 2. The molecule has 2 N–H and O–H groups in total. The fourth-order valence-corrected chi connectivity index (χ4v) is 3.30. The van der Waals surface area contributed by atoms with E-state index in [4.69, 9.17) is 5.73 Å². The molecule has 1 heterocycles. The van der Waals surface area contributed by atoms with Gasteiger partial charge in [-0.2, -0.15) is 0 Å². The van der Waals surface area contributed by atoms with Crippen molar-refractivity contribution >= 4 is 27.7 Å². The summed E-state index contributed by atoms with van der Waals surface area (Å²) < 4.78 is 13.9. The molecule has 0 aliphatic rings. The van der Waals surface area contributed by atoms with Crippen molar-refractivity contribution in [2.24, 2.45) is 5.73 Å². The smallest absolute Gasteiger partial charge is 0.123 e. The summed E-state index contributed by atoms with van der Waals surface area (Å²) in [6, 6.07) is 10.2. The fourth-order valence-electron chi connectivity index (χ4n) is 1.71. The van der Waals surface area contributed by atoms with Gasteiger partial charge in [-0.3, -0.25) is 0 Å². The van der Waals surface area contributed by atoms with Gasteiger partial charge in [0.05, 0.1) is 5.25 Å². The van der Waals surface area contributed by atoms with Crippen molar-refractivity contribution in [2.75, 3.05) is 0 Å². The molecule has 0 saturated carbocycles. The first-order valence-electron chi connectivity index (χ1n) is 5.86. The molecule has 19 heavy (non-hydrogen) atoms. The largest absolute Gasteiger partial charge is 0.327 e. The number of nitrogens with two attached hydrogens (primary N) is 1. The Morgan fingerprint density at radius 2 is 1.95 bits per heavy atom. The second-order valence-electron chi connectivity index (χ2n) is 4.24. The molecule has 1 aromatic heterocycles. The highest BCUT2D eigenvalue weighted by molar-refractivity contribution is 9.10. The highest BCUT2D eigenvalue weighted by Crippen LogP contribution is 2.39. The third-order valence-electron chi connectivity index (χ3n) is 2.64. The van der Waals surface area contributed by atoms with Crippen molar-refractivity contribution in [3.8, 4) is 0 Å². The Kier molecular flexibility index (Phi) is 4.96. The Morgan fingerprint density at radius 3 is 2.53 bits per heavy atom. The lowest BCUT2D eigenvalue weighted by Crippen LogP contribution is -2.22. The molecule has 2 rings (SSSR count). The van der Waals surface area contributed by atoms with E-state index in [0.29, 0.717) is 0 Å². The maximum atomic E-state index is 13.0. The minimum Gasteiger partial charge on any atom is -0.327 e. The lowest BCUT2D eigenvalue weighted by atomic mass is 10.1. The maximum absolute atomic E-state index is 13.0. The van der Waals surface area contributed by atoms with Crippen LogP contribution in [0.3, 0.4) is 0 Å². The van der Waals surface area contributed by atoms with E-state index in [0.717, 1.165) is 15.1 Å². The number of aromatic nitrogens is 1. The number of benzene rings is 1. The van der Waals surface area contributed by atoms with Crippen molar-refractivity contribution in [3.05, 3.63) is 58.4 Å². The van der Waals surface area contributed by atoms with Gasteiger partial charge in [0.1, 0.15) is 10.8 Å². The summed E-state index contributed by atoms with van der Waals surface area (Å²) in [5.74, 6) is -0.240. The highest BCUT2D eigenvalue weighted by atomic mass is 79.9. The molecular formula is C14H14BrFN2S. The summed E-state index contributed by atoms with van der Waals surface area (Å²) >= 11 is 5.05. The van der Waals surface area contributed by atoms with Gasteiger partial charge in [-0.25, -0.2) is 9.37 Å². The van der Waals surface area contributed by atoms with Crippen LogP contribution in [0.15, 0.2) is 52.1 Å². The molecule has 100 valence electrons. The number of nitrogens with zero attached hydrogens (tertiary/aromatic N) is 1. The van der Waals surface area contributed by atoms with Gasteiger partial charge in [0.25, 0.3) is 0 Å². The molecule has 0 amide bonds. The van der Waals surface area contributed by atoms with Crippen LogP contribution in [-0.4, -0.2) is 11.0 Å². The molecule has 0 aliphatic carbocycles. The highest BCUT2D eigenvalue weighted by Gasteiger charge is 2.19. The summed E-state index contributed by atoms with van der Waals surface area (Å²) in [5, 5.41) is 0.918. The van der Waals surface area contributed by atoms with E-state index in [-0.39, 0.29) is 17.1 Å². The molecule has 0 radical (unpaired) electrons. The van der Waals surface area contributed by atoms with Crippen LogP contribution in [0.2, 0.25) is 0 Å². The first-order chi connectivity index (χ1) is 9.08. The molecule has 2 nitrogen and oxygen atoms in total. The minimum atomic E-state index is -0.240. The molecular weight excluding hydrogens is 327 g/mol. The van der Waals surface area contributed by atoms with Gasteiger partial charge in [-0.1, -0.05) is 23.9 Å². The lowest BCUT2D eigenvalue weighted by Gasteiger charge is -2.20. The number of hydrogen-bond acceptors (Lipinski definition) is 3. The van der Waals surface area contributed by atoms with Crippen LogP contribution in [-0.2, 0) is 0 Å². The Bertz CT molecular complexity index is 545. The number of hydrogen-bond donors (Lipinski definition) is 1. The Labute approximate surface area is 124 Å². The lowest BCUT2D eigenvalue weighted by molar-refractivity contribution is 0.625. The molecule has 0 spiro atoms. The topological polar surface area (TPSA) is 38.9 Å². The van der Waals surface area contributed by atoms with Crippen LogP contribution in [0.5, 0.6) is 0 Å². The minimum absolute atomic E-state index is 0.0341. The Morgan fingerprint density at radius 1 is 1.26 bits per heavy atom. The van der Waals surface area contributed by atoms with E-state index in [1.807, 2.05) is 19.1 Å². The van der Waals surface area contributed by atoms with Crippen molar-refractivity contribution < 1.29 is 4.39 Å². The summed E-state index contributed by atoms with van der Waals surface area (Å²) in [5.41, 5.74) is 7.05. The molecule has 2 unspecified atom stereocenters. The summed E-state index contributed by atoms with van der Waals surface area (Å²) in [6.45, 7) is 1.94. The molecule has 2 aromatic rings. The standard InChI is InChI=1S/C14H14BrFN2S/c1-9(17)13(10-4-6-11(16)7-5-10)19-14-12(15)3-2-8-18-14/h2-9,13H,17H2,1H3. The average Bonchev–Trinajstić information content (AvgIpc) is 2.39. The molecule has 0 aliphatic heterocycles. The van der Waals surface area contributed by atoms with E-state index >= 15 is 0 Å². The Hall–Kier alpha value is -0.910. The van der Waals surface area contributed by atoms with Gasteiger partial charge in [-0.15, -0.1) is 0 Å². The van der Waals surface area contributed by atoms with Crippen molar-refractivity contribution in [1.29, 1.82) is 0 Å². The van der Waals surface area contributed by atoms with Gasteiger partial charge < -0.3 is 5.73 Å². The fraction of sp³-hybridized carbons (Fsp3) is 0.214. The normalized spacial score (nSPS) is 14.1. The van der Waals surface area contributed by atoms with Gasteiger partial charge >= 0.3 is 0 Å². The van der Waals surface area contributed by atoms with Crippen molar-refractivity contribution in [3.63, 3.8) is 0 Å². The summed E-state index contributed by atoms with van der Waals surface area (Å²) in [7, 11) is 0. The zero-order valence-corrected chi connectivity index (χ0v) is 12.8. The summed E-state index contributed by atoms with van der Waals surface area (Å²) in [4.78, 5) is 4.33. The van der Waals surface area contributed by atoms with Gasteiger partial charge in [0.2, 0.25) is 0 Å². The third-order valence-corrected chi connectivity index (χ3v) is 5.05. The summed E-state index contributed by atoms with van der Waals surface area (Å²) in [6.07, 6.45) is 1.75. The number of thioether (sulfide) groups is 1. The quantitative estimate of drug-likeness (QED) is 0.849. The SMILES string of the molecule is CC(N)C(Sc1ncccc1Br)c1ccc(F)cc1. The number of rotatable bonds is 4. The van der Waals surface area contributed by atoms with Gasteiger partial charge in [0, 0.05) is 16.7 Å². The molecule has 0 fully saturated rings. The monoisotopic (exact) mass is 340 g/mol. The van der Waals surface area contributed by atoms with E-state index in [1.54, 1.807) is 30.1 Å². The van der Waals surface area contributed by atoms with E-state index in [1.165, 1.54) is 12.1 Å². The van der Waals surface area contributed by atoms with Crippen LogP contribution in [0.4, 0.5) is 4.39 Å². The van der Waals surface area contributed by atoms with Crippen LogP contribution in [0, 0.1) is 5.82 Å². The second-order valence-corrected chi connectivity index (χ2v) is 6.22. The van der Waals surface area contributed by atoms with Crippen LogP contribution < -0.4 is 5.73 Å². The van der Waals surface area contributed by atoms with E-state index < -0.39 is 0 Å². The Balaban J connectivity index is 2.26. The molecule has 2 atom stereocenters. The van der Waals surface area contributed by atoms with Crippen LogP contribution in [0.1, 0.15) is 17.7 Å². The zero-order chi connectivity index (χ0) is 13.8. The van der Waals surface area contributed by atoms with Crippen LogP contribution >= 0.6 is 27.7 Å². The molecule has 0 bridgehead atoms. The first-order valence-corrected chi connectivity index (χ1v) is 7.53. The van der Waals surface area contributed by atoms with E-state index in [9.17, 15) is 4.39 Å². The van der Waals surface area contributed by atoms with Crippen molar-refractivity contribution in [2.45, 2.75) is 23.2 Å². The second kappa shape index (κ2) is 6.50. The predicted molar refractivity (Wildman–Crippen MR) is 80.6 cm³/mol. The average molecular weight is 341 g/mol. The zero-order valence-electron chi connectivity index (χ0n) is 10.4. The predicted octanol–water partition coefficient (Wildman–Crippen LogP) is 4.16. The van der Waals surface area contributed by atoms with Crippen LogP contribution in [0.25, 0.3) is 0 Å². The van der Waals surface area contributed by atoms with E-state index in [2.05, 4.69) is 20.9 Å². The maximum Gasteiger partial charge on any atom is 0.123 e. The van der Waals surface area contributed by atoms with Gasteiger partial charge in [0.15, 0.2) is 0 Å².